The van der Waals surface area contributed by atoms with Crippen LogP contribution < -0.4 is 5.32 Å². The molecule has 0 unspecified atom stereocenters. The fourth-order valence-electron chi connectivity index (χ4n) is 1.73. The van der Waals surface area contributed by atoms with Crippen molar-refractivity contribution in [2.45, 2.75) is 6.92 Å². The number of benzene rings is 2. The minimum absolute atomic E-state index is 0.0359. The van der Waals surface area contributed by atoms with Crippen LogP contribution in [0.2, 0.25) is 0 Å². The van der Waals surface area contributed by atoms with Gasteiger partial charge >= 0.3 is 0 Å². The van der Waals surface area contributed by atoms with Crippen molar-refractivity contribution in [2.24, 2.45) is 0 Å². The molecule has 0 aliphatic rings. The Morgan fingerprint density at radius 3 is 2.10 bits per heavy atom. The molecule has 0 bridgehead atoms. The maximum Gasteiger partial charge on any atom is 0.221 e. The molecule has 1 N–H and O–H groups in total. The van der Waals surface area contributed by atoms with E-state index in [2.05, 4.69) is 10.4 Å². The SMILES string of the molecule is CC(=O)Nc1ccccc1.c1ccc(-n2cccn2)cc1. The van der Waals surface area contributed by atoms with E-state index in [9.17, 15) is 4.79 Å². The van der Waals surface area contributed by atoms with Gasteiger partial charge in [-0.2, -0.15) is 5.10 Å². The van der Waals surface area contributed by atoms with Gasteiger partial charge < -0.3 is 5.32 Å². The van der Waals surface area contributed by atoms with Gasteiger partial charge in [-0.25, -0.2) is 4.68 Å². The molecule has 0 saturated carbocycles. The summed E-state index contributed by atoms with van der Waals surface area (Å²) in [5.41, 5.74) is 1.94. The number of anilines is 1. The van der Waals surface area contributed by atoms with E-state index in [-0.39, 0.29) is 5.91 Å². The number of aromatic nitrogens is 2. The predicted octanol–water partition coefficient (Wildman–Crippen LogP) is 3.52. The number of rotatable bonds is 2. The zero-order valence-electron chi connectivity index (χ0n) is 11.8. The Hall–Kier alpha value is -2.88. The Balaban J connectivity index is 0.000000155. The lowest BCUT2D eigenvalue weighted by molar-refractivity contribution is -0.114. The standard InChI is InChI=1S/C9H8N2.C8H9NO/c1-2-5-9(6-3-1)11-8-4-7-10-11;1-7(10)9-8-5-3-2-4-6-8/h1-8H;2-6H,1H3,(H,9,10). The van der Waals surface area contributed by atoms with E-state index in [1.165, 1.54) is 6.92 Å². The minimum Gasteiger partial charge on any atom is -0.326 e. The number of carbonyl (C=O) groups excluding carboxylic acids is 1. The molecule has 4 heteroatoms. The van der Waals surface area contributed by atoms with Gasteiger partial charge in [0.15, 0.2) is 0 Å². The quantitative estimate of drug-likeness (QED) is 0.780. The molecule has 1 aromatic heterocycles. The topological polar surface area (TPSA) is 46.9 Å². The van der Waals surface area contributed by atoms with Crippen molar-refractivity contribution in [3.05, 3.63) is 79.1 Å². The zero-order chi connectivity index (χ0) is 14.9. The summed E-state index contributed by atoms with van der Waals surface area (Å²) < 4.78 is 1.83. The summed E-state index contributed by atoms with van der Waals surface area (Å²) in [6.07, 6.45) is 3.70. The third-order valence-electron chi connectivity index (χ3n) is 2.62. The summed E-state index contributed by atoms with van der Waals surface area (Å²) in [4.78, 5) is 10.5. The third-order valence-corrected chi connectivity index (χ3v) is 2.62. The van der Waals surface area contributed by atoms with Gasteiger partial charge in [-0.15, -0.1) is 0 Å². The monoisotopic (exact) mass is 279 g/mol. The average Bonchev–Trinajstić information content (AvgIpc) is 3.03. The third kappa shape index (κ3) is 4.95. The van der Waals surface area contributed by atoms with E-state index in [0.717, 1.165) is 11.4 Å². The number of nitrogens with one attached hydrogen (secondary N) is 1. The summed E-state index contributed by atoms with van der Waals surface area (Å²) in [7, 11) is 0. The molecule has 1 heterocycles. The van der Waals surface area contributed by atoms with E-state index in [1.807, 2.05) is 77.6 Å². The van der Waals surface area contributed by atoms with E-state index in [4.69, 9.17) is 0 Å². The predicted molar refractivity (Wildman–Crippen MR) is 84.3 cm³/mol. The van der Waals surface area contributed by atoms with Crippen molar-refractivity contribution in [3.63, 3.8) is 0 Å². The van der Waals surface area contributed by atoms with Crippen molar-refractivity contribution >= 4 is 11.6 Å². The van der Waals surface area contributed by atoms with Gasteiger partial charge in [0.05, 0.1) is 5.69 Å². The summed E-state index contributed by atoms with van der Waals surface area (Å²) in [5.74, 6) is -0.0359. The second-order valence-corrected chi connectivity index (χ2v) is 4.33. The lowest BCUT2D eigenvalue weighted by Gasteiger charge is -1.98. The summed E-state index contributed by atoms with van der Waals surface area (Å²) in [6, 6.07) is 21.3. The minimum atomic E-state index is -0.0359. The van der Waals surface area contributed by atoms with Crippen LogP contribution in [0.4, 0.5) is 5.69 Å². The number of amides is 1. The first kappa shape index (κ1) is 14.5. The van der Waals surface area contributed by atoms with Crippen LogP contribution >= 0.6 is 0 Å². The maximum atomic E-state index is 10.5. The molecule has 106 valence electrons. The Morgan fingerprint density at radius 1 is 0.952 bits per heavy atom. The van der Waals surface area contributed by atoms with Crippen molar-refractivity contribution in [1.29, 1.82) is 0 Å². The largest absolute Gasteiger partial charge is 0.326 e. The zero-order valence-corrected chi connectivity index (χ0v) is 11.8. The molecule has 2 aromatic carbocycles. The molecule has 3 aromatic rings. The van der Waals surface area contributed by atoms with Crippen LogP contribution in [0.1, 0.15) is 6.92 Å². The molecule has 0 aliphatic carbocycles. The van der Waals surface area contributed by atoms with Crippen LogP contribution in [0.15, 0.2) is 79.1 Å². The number of hydrogen-bond donors (Lipinski definition) is 1. The summed E-state index contributed by atoms with van der Waals surface area (Å²) in [5, 5.41) is 6.77. The highest BCUT2D eigenvalue weighted by Crippen LogP contribution is 2.04. The highest BCUT2D eigenvalue weighted by Gasteiger charge is 1.91. The van der Waals surface area contributed by atoms with Crippen molar-refractivity contribution in [1.82, 2.24) is 9.78 Å². The molecular formula is C17H17N3O. The first-order valence-electron chi connectivity index (χ1n) is 6.63. The first-order valence-corrected chi connectivity index (χ1v) is 6.63. The van der Waals surface area contributed by atoms with Crippen LogP contribution in [0.25, 0.3) is 5.69 Å². The average molecular weight is 279 g/mol. The second kappa shape index (κ2) is 7.65. The van der Waals surface area contributed by atoms with E-state index >= 15 is 0 Å². The molecule has 0 fully saturated rings. The maximum absolute atomic E-state index is 10.5. The lowest BCUT2D eigenvalue weighted by Crippen LogP contribution is -2.04. The Morgan fingerprint density at radius 2 is 1.57 bits per heavy atom. The van der Waals surface area contributed by atoms with E-state index in [0.29, 0.717) is 0 Å². The molecule has 0 spiro atoms. The normalized spacial score (nSPS) is 9.38. The van der Waals surface area contributed by atoms with Crippen molar-refractivity contribution in [3.8, 4) is 5.69 Å². The highest BCUT2D eigenvalue weighted by molar-refractivity contribution is 5.88. The Labute approximate surface area is 124 Å². The molecule has 0 atom stereocenters. The van der Waals surface area contributed by atoms with Crippen LogP contribution in [-0.4, -0.2) is 15.7 Å². The van der Waals surface area contributed by atoms with Gasteiger partial charge in [0, 0.05) is 25.0 Å². The molecule has 0 radical (unpaired) electrons. The van der Waals surface area contributed by atoms with Crippen LogP contribution in [0.5, 0.6) is 0 Å². The smallest absolute Gasteiger partial charge is 0.221 e. The fraction of sp³-hybridized carbons (Fsp3) is 0.0588. The van der Waals surface area contributed by atoms with Gasteiger partial charge in [0.2, 0.25) is 5.91 Å². The van der Waals surface area contributed by atoms with Crippen LogP contribution in [0.3, 0.4) is 0 Å². The Bertz CT molecular complexity index is 649. The number of hydrogen-bond acceptors (Lipinski definition) is 2. The van der Waals surface area contributed by atoms with Crippen molar-refractivity contribution < 1.29 is 4.79 Å². The number of para-hydroxylation sites is 2. The summed E-state index contributed by atoms with van der Waals surface area (Å²) in [6.45, 7) is 1.49. The van der Waals surface area contributed by atoms with Gasteiger partial charge in [-0.3, -0.25) is 4.79 Å². The number of nitrogens with zero attached hydrogens (tertiary/aromatic N) is 2. The second-order valence-electron chi connectivity index (χ2n) is 4.33. The van der Waals surface area contributed by atoms with Gasteiger partial charge in [0.25, 0.3) is 0 Å². The van der Waals surface area contributed by atoms with Crippen LogP contribution in [0, 0.1) is 0 Å². The molecule has 4 nitrogen and oxygen atoms in total. The molecule has 0 saturated heterocycles. The van der Waals surface area contributed by atoms with Crippen LogP contribution in [-0.2, 0) is 4.79 Å². The molecule has 0 aliphatic heterocycles. The molecular weight excluding hydrogens is 262 g/mol. The van der Waals surface area contributed by atoms with Crippen molar-refractivity contribution in [2.75, 3.05) is 5.32 Å². The number of carbonyl (C=O) groups is 1. The first-order chi connectivity index (χ1) is 10.3. The molecule has 1 amide bonds. The summed E-state index contributed by atoms with van der Waals surface area (Å²) >= 11 is 0. The molecule has 21 heavy (non-hydrogen) atoms. The van der Waals surface area contributed by atoms with E-state index < -0.39 is 0 Å². The van der Waals surface area contributed by atoms with Gasteiger partial charge in [-0.05, 0) is 30.3 Å². The Kier molecular flexibility index (Phi) is 5.29. The molecule has 3 rings (SSSR count). The van der Waals surface area contributed by atoms with Gasteiger partial charge in [0.1, 0.15) is 0 Å². The lowest BCUT2D eigenvalue weighted by atomic mass is 10.3. The fourth-order valence-corrected chi connectivity index (χ4v) is 1.73. The van der Waals surface area contributed by atoms with E-state index in [1.54, 1.807) is 6.20 Å². The van der Waals surface area contributed by atoms with Gasteiger partial charge in [-0.1, -0.05) is 36.4 Å². The highest BCUT2D eigenvalue weighted by atomic mass is 16.1.